The number of hydrogen-bond acceptors (Lipinski definition) is 3. The van der Waals surface area contributed by atoms with Crippen molar-refractivity contribution in [2.75, 3.05) is 0 Å². The predicted octanol–water partition coefficient (Wildman–Crippen LogP) is 4.87. The Morgan fingerprint density at radius 2 is 1.57 bits per heavy atom. The van der Waals surface area contributed by atoms with E-state index >= 15 is 0 Å². The number of H-pyrrole nitrogens is 1. The minimum Gasteiger partial charge on any atom is -0.380 e. The molecule has 5 aromatic rings. The molecule has 174 valence electrons. The van der Waals surface area contributed by atoms with Gasteiger partial charge in [0, 0.05) is 28.9 Å². The van der Waals surface area contributed by atoms with Crippen molar-refractivity contribution < 1.29 is 9.50 Å². The van der Waals surface area contributed by atoms with Gasteiger partial charge < -0.3 is 10.1 Å². The smallest absolute Gasteiger partial charge is 0.331 e. The second kappa shape index (κ2) is 8.32. The Morgan fingerprint density at radius 1 is 0.943 bits per heavy atom. The van der Waals surface area contributed by atoms with Crippen molar-refractivity contribution in [3.8, 4) is 11.3 Å². The number of hydrogen-bond donors (Lipinski definition) is 2. The van der Waals surface area contributed by atoms with Crippen LogP contribution >= 0.6 is 0 Å². The van der Waals surface area contributed by atoms with Crippen molar-refractivity contribution in [1.29, 1.82) is 0 Å². The number of aromatic nitrogens is 3. The number of fused-ring (bicyclic) bond motifs is 3. The van der Waals surface area contributed by atoms with Crippen LogP contribution in [0.3, 0.4) is 0 Å². The summed E-state index contributed by atoms with van der Waals surface area (Å²) in [5.41, 5.74) is 3.12. The number of aryl methyl sites for hydroxylation is 1. The summed E-state index contributed by atoms with van der Waals surface area (Å²) in [6, 6.07) is 25.9. The van der Waals surface area contributed by atoms with Crippen LogP contribution in [0.15, 0.2) is 95.9 Å². The van der Waals surface area contributed by atoms with Crippen LogP contribution in [-0.4, -0.2) is 19.5 Å². The summed E-state index contributed by atoms with van der Waals surface area (Å²) in [6.07, 6.45) is 3.40. The Morgan fingerprint density at radius 3 is 2.23 bits per heavy atom. The van der Waals surface area contributed by atoms with Gasteiger partial charge in [0.05, 0.1) is 5.69 Å². The van der Waals surface area contributed by atoms with Gasteiger partial charge in [-0.2, -0.15) is 0 Å². The highest BCUT2D eigenvalue weighted by molar-refractivity contribution is 5.65. The van der Waals surface area contributed by atoms with E-state index in [1.54, 1.807) is 24.4 Å². The molecule has 2 heterocycles. The Labute approximate surface area is 201 Å². The molecule has 6 heteroatoms. The number of halogens is 1. The van der Waals surface area contributed by atoms with Gasteiger partial charge in [0.1, 0.15) is 17.1 Å². The SMILES string of the molecule is O=c1[nH]c2c(c3nc(-c4ccccc4F)cn13)CC(C(O)(c1ccccc1)c1ccccc1)CC2. The van der Waals surface area contributed by atoms with Crippen molar-refractivity contribution >= 4 is 5.65 Å². The molecular weight excluding hydrogens is 441 g/mol. The molecule has 1 atom stereocenters. The summed E-state index contributed by atoms with van der Waals surface area (Å²) < 4.78 is 15.9. The second-order valence-electron chi connectivity index (χ2n) is 9.13. The number of aromatic amines is 1. The van der Waals surface area contributed by atoms with Crippen LogP contribution in [0.2, 0.25) is 0 Å². The van der Waals surface area contributed by atoms with E-state index in [4.69, 9.17) is 4.98 Å². The first kappa shape index (κ1) is 21.5. The van der Waals surface area contributed by atoms with E-state index in [-0.39, 0.29) is 17.4 Å². The summed E-state index contributed by atoms with van der Waals surface area (Å²) in [6.45, 7) is 0. The largest absolute Gasteiger partial charge is 0.380 e. The molecule has 0 aliphatic heterocycles. The maximum Gasteiger partial charge on any atom is 0.331 e. The maximum atomic E-state index is 14.5. The second-order valence-corrected chi connectivity index (χ2v) is 9.13. The van der Waals surface area contributed by atoms with E-state index in [1.807, 2.05) is 60.7 Å². The standard InChI is InChI=1S/C29H24FN3O2/c30-24-14-8-7-13-22(24)26-18-33-27(31-26)23-17-21(15-16-25(23)32-28(33)34)29(35,19-9-3-1-4-10-19)20-11-5-2-6-12-20/h1-14,18,21,35H,15-17H2,(H,32,34). The van der Waals surface area contributed by atoms with Gasteiger partial charge in [-0.1, -0.05) is 72.8 Å². The third-order valence-corrected chi connectivity index (χ3v) is 7.18. The highest BCUT2D eigenvalue weighted by atomic mass is 19.1. The number of benzene rings is 3. The molecule has 0 fully saturated rings. The van der Waals surface area contributed by atoms with Crippen LogP contribution in [0.25, 0.3) is 16.9 Å². The Balaban J connectivity index is 1.50. The molecule has 0 bridgehead atoms. The van der Waals surface area contributed by atoms with Gasteiger partial charge in [-0.3, -0.25) is 4.40 Å². The molecule has 6 rings (SSSR count). The summed E-state index contributed by atoms with van der Waals surface area (Å²) in [7, 11) is 0. The molecule has 35 heavy (non-hydrogen) atoms. The summed E-state index contributed by atoms with van der Waals surface area (Å²) in [4.78, 5) is 20.5. The normalized spacial score (nSPS) is 15.8. The molecule has 0 saturated carbocycles. The summed E-state index contributed by atoms with van der Waals surface area (Å²) in [5.74, 6) is -0.537. The van der Waals surface area contributed by atoms with Crippen LogP contribution in [0.1, 0.15) is 28.8 Å². The monoisotopic (exact) mass is 465 g/mol. The molecule has 3 aromatic carbocycles. The van der Waals surface area contributed by atoms with E-state index in [0.717, 1.165) is 22.4 Å². The quantitative estimate of drug-likeness (QED) is 0.398. The third kappa shape index (κ3) is 3.49. The summed E-state index contributed by atoms with van der Waals surface area (Å²) >= 11 is 0. The van der Waals surface area contributed by atoms with E-state index in [1.165, 1.54) is 10.5 Å². The average Bonchev–Trinajstić information content (AvgIpc) is 3.36. The number of imidazole rings is 1. The van der Waals surface area contributed by atoms with Crippen LogP contribution < -0.4 is 5.69 Å². The van der Waals surface area contributed by atoms with Crippen LogP contribution in [0.4, 0.5) is 4.39 Å². The van der Waals surface area contributed by atoms with Crippen LogP contribution in [0, 0.1) is 11.7 Å². The first-order chi connectivity index (χ1) is 17.1. The molecule has 0 spiro atoms. The van der Waals surface area contributed by atoms with E-state index in [0.29, 0.717) is 36.2 Å². The fraction of sp³-hybridized carbons (Fsp3) is 0.172. The highest BCUT2D eigenvalue weighted by Gasteiger charge is 2.42. The molecule has 2 aromatic heterocycles. The van der Waals surface area contributed by atoms with Gasteiger partial charge in [0.25, 0.3) is 0 Å². The van der Waals surface area contributed by atoms with Crippen molar-refractivity contribution in [2.45, 2.75) is 24.9 Å². The average molecular weight is 466 g/mol. The fourth-order valence-corrected chi connectivity index (χ4v) is 5.42. The minimum atomic E-state index is -1.21. The van der Waals surface area contributed by atoms with E-state index in [9.17, 15) is 14.3 Å². The zero-order valence-corrected chi connectivity index (χ0v) is 19.0. The van der Waals surface area contributed by atoms with Gasteiger partial charge in [-0.05, 0) is 42.5 Å². The molecule has 2 N–H and O–H groups in total. The van der Waals surface area contributed by atoms with E-state index in [2.05, 4.69) is 4.98 Å². The summed E-state index contributed by atoms with van der Waals surface area (Å²) in [5, 5.41) is 12.3. The first-order valence-electron chi connectivity index (χ1n) is 11.8. The van der Waals surface area contributed by atoms with Gasteiger partial charge >= 0.3 is 5.69 Å². The number of aliphatic hydroxyl groups is 1. The lowest BCUT2D eigenvalue weighted by Gasteiger charge is -2.40. The van der Waals surface area contributed by atoms with Gasteiger partial charge in [-0.15, -0.1) is 0 Å². The minimum absolute atomic E-state index is 0.150. The molecule has 0 amide bonds. The van der Waals surface area contributed by atoms with Crippen molar-refractivity contribution in [3.63, 3.8) is 0 Å². The zero-order valence-electron chi connectivity index (χ0n) is 19.0. The molecule has 0 radical (unpaired) electrons. The Kier molecular flexibility index (Phi) is 5.11. The van der Waals surface area contributed by atoms with Crippen molar-refractivity contribution in [1.82, 2.24) is 14.4 Å². The third-order valence-electron chi connectivity index (χ3n) is 7.18. The predicted molar refractivity (Wildman–Crippen MR) is 133 cm³/mol. The first-order valence-corrected chi connectivity index (χ1v) is 11.8. The lowest BCUT2D eigenvalue weighted by molar-refractivity contribution is 0.00948. The Hall–Kier alpha value is -4.03. The number of rotatable bonds is 4. The molecule has 5 nitrogen and oxygen atoms in total. The van der Waals surface area contributed by atoms with Crippen LogP contribution in [-0.2, 0) is 18.4 Å². The molecule has 0 saturated heterocycles. The maximum absolute atomic E-state index is 14.5. The topological polar surface area (TPSA) is 70.4 Å². The fourth-order valence-electron chi connectivity index (χ4n) is 5.42. The molecule has 1 unspecified atom stereocenters. The molecular formula is C29H24FN3O2. The van der Waals surface area contributed by atoms with Gasteiger partial charge in [0.2, 0.25) is 0 Å². The van der Waals surface area contributed by atoms with Crippen LogP contribution in [0.5, 0.6) is 0 Å². The lowest BCUT2D eigenvalue weighted by atomic mass is 9.69. The van der Waals surface area contributed by atoms with Gasteiger partial charge in [0.15, 0.2) is 0 Å². The van der Waals surface area contributed by atoms with Crippen molar-refractivity contribution in [2.24, 2.45) is 5.92 Å². The number of nitrogens with zero attached hydrogens (tertiary/aromatic N) is 2. The van der Waals surface area contributed by atoms with Crippen molar-refractivity contribution in [3.05, 3.63) is 130 Å². The molecule has 1 aliphatic carbocycles. The highest BCUT2D eigenvalue weighted by Crippen LogP contribution is 2.43. The zero-order chi connectivity index (χ0) is 24.0. The molecule has 1 aliphatic rings. The van der Waals surface area contributed by atoms with E-state index < -0.39 is 5.60 Å². The Bertz CT molecular complexity index is 1540. The lowest BCUT2D eigenvalue weighted by Crippen LogP contribution is -2.40. The number of nitrogens with one attached hydrogen (secondary N) is 1. The van der Waals surface area contributed by atoms with Gasteiger partial charge in [-0.25, -0.2) is 14.2 Å².